The summed E-state index contributed by atoms with van der Waals surface area (Å²) in [7, 11) is 0. The second-order valence-electron chi connectivity index (χ2n) is 8.50. The van der Waals surface area contributed by atoms with Crippen LogP contribution in [-0.2, 0) is 4.79 Å². The van der Waals surface area contributed by atoms with Crippen LogP contribution in [0.15, 0.2) is 36.5 Å². The Morgan fingerprint density at radius 1 is 1.13 bits per heavy atom. The first kappa shape index (κ1) is 19.5. The third kappa shape index (κ3) is 3.50. The lowest BCUT2D eigenvalue weighted by molar-refractivity contribution is -0.123. The van der Waals surface area contributed by atoms with Gasteiger partial charge in [-0.2, -0.15) is 10.2 Å². The summed E-state index contributed by atoms with van der Waals surface area (Å²) in [6, 6.07) is 11.2. The largest absolute Gasteiger partial charge is 0.339 e. The third-order valence-electron chi connectivity index (χ3n) is 6.53. The molecule has 0 spiro atoms. The van der Waals surface area contributed by atoms with Gasteiger partial charge in [0.2, 0.25) is 11.9 Å². The van der Waals surface area contributed by atoms with Gasteiger partial charge in [-0.15, -0.1) is 0 Å². The van der Waals surface area contributed by atoms with E-state index in [0.29, 0.717) is 30.3 Å². The number of nitrogens with one attached hydrogen (secondary N) is 1. The first-order valence-electron chi connectivity index (χ1n) is 10.8. The van der Waals surface area contributed by atoms with Crippen molar-refractivity contribution < 1.29 is 9.59 Å². The van der Waals surface area contributed by atoms with Gasteiger partial charge in [-0.1, -0.05) is 0 Å². The molecule has 1 aromatic carbocycles. The highest BCUT2D eigenvalue weighted by Gasteiger charge is 2.57. The van der Waals surface area contributed by atoms with Crippen molar-refractivity contribution in [3.05, 3.63) is 42.1 Å². The van der Waals surface area contributed by atoms with Gasteiger partial charge < -0.3 is 10.2 Å². The van der Waals surface area contributed by atoms with Crippen LogP contribution >= 0.6 is 0 Å². The van der Waals surface area contributed by atoms with E-state index < -0.39 is 5.41 Å². The highest BCUT2D eigenvalue weighted by atomic mass is 16.2. The molecule has 2 aromatic rings. The summed E-state index contributed by atoms with van der Waals surface area (Å²) in [5.41, 5.74) is 0.529. The Morgan fingerprint density at radius 2 is 1.87 bits per heavy atom. The van der Waals surface area contributed by atoms with Crippen LogP contribution in [0.3, 0.4) is 0 Å². The van der Waals surface area contributed by atoms with Crippen molar-refractivity contribution in [3.63, 3.8) is 0 Å². The van der Waals surface area contributed by atoms with E-state index in [4.69, 9.17) is 0 Å². The van der Waals surface area contributed by atoms with Gasteiger partial charge in [0.05, 0.1) is 6.07 Å². The Bertz CT molecular complexity index is 1050. The van der Waals surface area contributed by atoms with Crippen molar-refractivity contribution in [2.45, 2.75) is 32.1 Å². The van der Waals surface area contributed by atoms with Gasteiger partial charge in [-0.25, -0.2) is 4.98 Å². The Morgan fingerprint density at radius 3 is 2.55 bits per heavy atom. The summed E-state index contributed by atoms with van der Waals surface area (Å²) < 4.78 is 0. The van der Waals surface area contributed by atoms with Crippen LogP contribution in [0.1, 0.15) is 42.5 Å². The van der Waals surface area contributed by atoms with Crippen LogP contribution in [0.4, 0.5) is 17.5 Å². The molecule has 1 aromatic heterocycles. The average Bonchev–Trinajstić information content (AvgIpc) is 3.39. The number of likely N-dealkylation sites (tertiary alicyclic amines) is 1. The number of carbonyl (C=O) groups excluding carboxylic acids is 2. The van der Waals surface area contributed by atoms with Gasteiger partial charge in [0, 0.05) is 37.1 Å². The zero-order valence-corrected chi connectivity index (χ0v) is 17.3. The number of nitrogens with zero attached hydrogens (tertiary/aromatic N) is 5. The molecule has 2 amide bonds. The molecular formula is C23H24N6O2. The number of hydrogen-bond acceptors (Lipinski definition) is 6. The molecule has 1 N–H and O–H groups in total. The van der Waals surface area contributed by atoms with Crippen molar-refractivity contribution in [2.75, 3.05) is 29.9 Å². The molecule has 3 fully saturated rings. The van der Waals surface area contributed by atoms with Gasteiger partial charge >= 0.3 is 0 Å². The third-order valence-corrected chi connectivity index (χ3v) is 6.53. The highest BCUT2D eigenvalue weighted by Crippen LogP contribution is 2.51. The van der Waals surface area contributed by atoms with E-state index in [9.17, 15) is 14.9 Å². The fourth-order valence-electron chi connectivity index (χ4n) is 4.59. The van der Waals surface area contributed by atoms with Crippen molar-refractivity contribution in [1.29, 1.82) is 5.26 Å². The van der Waals surface area contributed by atoms with Gasteiger partial charge in [-0.3, -0.25) is 14.5 Å². The first-order chi connectivity index (χ1) is 15.1. The second kappa shape index (κ2) is 7.65. The molecule has 8 nitrogen and oxygen atoms in total. The summed E-state index contributed by atoms with van der Waals surface area (Å²) in [5.74, 6) is 0.959. The molecule has 1 aliphatic carbocycles. The number of anilines is 3. The summed E-state index contributed by atoms with van der Waals surface area (Å²) >= 11 is 0. The molecule has 3 aliphatic rings. The van der Waals surface area contributed by atoms with Crippen LogP contribution in [0.5, 0.6) is 0 Å². The fraction of sp³-hybridized carbons (Fsp3) is 0.435. The Hall–Kier alpha value is -3.47. The number of hydrogen-bond donors (Lipinski definition) is 1. The number of benzene rings is 1. The lowest BCUT2D eigenvalue weighted by Crippen LogP contribution is -2.35. The molecule has 158 valence electrons. The van der Waals surface area contributed by atoms with Crippen LogP contribution in [0.2, 0.25) is 0 Å². The monoisotopic (exact) mass is 416 g/mol. The number of carbonyl (C=O) groups is 2. The molecule has 0 bridgehead atoms. The van der Waals surface area contributed by atoms with E-state index in [0.717, 1.165) is 44.5 Å². The van der Waals surface area contributed by atoms with E-state index >= 15 is 0 Å². The normalized spacial score (nSPS) is 23.1. The Labute approximate surface area is 180 Å². The van der Waals surface area contributed by atoms with Gasteiger partial charge in [0.25, 0.3) is 5.91 Å². The zero-order chi connectivity index (χ0) is 21.4. The summed E-state index contributed by atoms with van der Waals surface area (Å²) in [6.07, 6.45) is 6.17. The minimum Gasteiger partial charge on any atom is -0.339 e. The highest BCUT2D eigenvalue weighted by molar-refractivity contribution is 6.01. The topological polar surface area (TPSA) is 102 Å². The molecule has 3 heterocycles. The Balaban J connectivity index is 1.29. The van der Waals surface area contributed by atoms with E-state index in [1.807, 2.05) is 17.0 Å². The predicted molar refractivity (Wildman–Crippen MR) is 115 cm³/mol. The molecular weight excluding hydrogens is 392 g/mol. The van der Waals surface area contributed by atoms with Crippen LogP contribution in [-0.4, -0.2) is 46.3 Å². The first-order valence-corrected chi connectivity index (χ1v) is 10.8. The molecule has 31 heavy (non-hydrogen) atoms. The number of nitriles is 1. The lowest BCUT2D eigenvalue weighted by atomic mass is 9.83. The van der Waals surface area contributed by atoms with Crippen LogP contribution in [0, 0.1) is 22.7 Å². The zero-order valence-electron chi connectivity index (χ0n) is 17.3. The van der Waals surface area contributed by atoms with Gasteiger partial charge in [0.1, 0.15) is 11.2 Å². The molecule has 1 saturated carbocycles. The second-order valence-corrected chi connectivity index (χ2v) is 8.50. The molecule has 0 unspecified atom stereocenters. The van der Waals surface area contributed by atoms with Crippen molar-refractivity contribution >= 4 is 29.3 Å². The van der Waals surface area contributed by atoms with Crippen LogP contribution in [0.25, 0.3) is 0 Å². The van der Waals surface area contributed by atoms with Crippen LogP contribution < -0.4 is 10.2 Å². The molecule has 2 aliphatic heterocycles. The van der Waals surface area contributed by atoms with Gasteiger partial charge in [0.15, 0.2) is 0 Å². The quantitative estimate of drug-likeness (QED) is 0.803. The summed E-state index contributed by atoms with van der Waals surface area (Å²) in [4.78, 5) is 37.7. The summed E-state index contributed by atoms with van der Waals surface area (Å²) in [5, 5.41) is 12.8. The number of rotatable bonds is 5. The van der Waals surface area contributed by atoms with E-state index in [-0.39, 0.29) is 17.7 Å². The van der Waals surface area contributed by atoms with Crippen molar-refractivity contribution in [2.24, 2.45) is 11.3 Å². The van der Waals surface area contributed by atoms with E-state index in [1.165, 1.54) is 0 Å². The maximum absolute atomic E-state index is 13.0. The van der Waals surface area contributed by atoms with Crippen molar-refractivity contribution in [3.8, 4) is 6.07 Å². The lowest BCUT2D eigenvalue weighted by Gasteiger charge is -2.20. The fourth-order valence-corrected chi connectivity index (χ4v) is 4.59. The van der Waals surface area contributed by atoms with E-state index in [2.05, 4.69) is 21.4 Å². The number of amides is 2. The molecule has 8 heteroatoms. The SMILES string of the molecule is N#C[C@@]1(C2CC2)CCN(c2ccnc(Nc3ccc(C(=O)N4CCCC4)cc3)n2)C1=O. The Kier molecular flexibility index (Phi) is 4.81. The smallest absolute Gasteiger partial charge is 0.253 e. The minimum absolute atomic E-state index is 0.0616. The molecule has 0 radical (unpaired) electrons. The van der Waals surface area contributed by atoms with Gasteiger partial charge in [-0.05, 0) is 68.4 Å². The molecule has 1 atom stereocenters. The maximum Gasteiger partial charge on any atom is 0.253 e. The standard InChI is InChI=1S/C23H24N6O2/c24-15-23(17-5-6-17)10-14-29(21(23)31)19-9-11-25-22(27-19)26-18-7-3-16(4-8-18)20(30)28-12-1-2-13-28/h3-4,7-9,11,17H,1-2,5-6,10,12-14H2,(H,25,26,27)/t23-/m1/s1. The minimum atomic E-state index is -0.893. The molecule has 5 rings (SSSR count). The average molecular weight is 416 g/mol. The maximum atomic E-state index is 13.0. The number of aromatic nitrogens is 2. The van der Waals surface area contributed by atoms with Crippen molar-refractivity contribution in [1.82, 2.24) is 14.9 Å². The predicted octanol–water partition coefficient (Wildman–Crippen LogP) is 3.11. The van der Waals surface area contributed by atoms with E-state index in [1.54, 1.807) is 29.3 Å². The molecule has 2 saturated heterocycles. The summed E-state index contributed by atoms with van der Waals surface area (Å²) in [6.45, 7) is 2.14.